The molecule has 1 fully saturated rings. The van der Waals surface area contributed by atoms with Crippen molar-refractivity contribution in [3.05, 3.63) is 59.7 Å². The first kappa shape index (κ1) is 18.2. The van der Waals surface area contributed by atoms with Crippen molar-refractivity contribution < 1.29 is 5.11 Å². The highest BCUT2D eigenvalue weighted by Crippen LogP contribution is 2.38. The maximum atomic E-state index is 9.16. The molecule has 2 aromatic carbocycles. The van der Waals surface area contributed by atoms with Crippen LogP contribution in [-0.4, -0.2) is 5.11 Å². The van der Waals surface area contributed by atoms with Gasteiger partial charge in [0.2, 0.25) is 0 Å². The first-order chi connectivity index (χ1) is 12.3. The lowest BCUT2D eigenvalue weighted by Crippen LogP contribution is -2.13. The second kappa shape index (κ2) is 9.20. The minimum Gasteiger partial charge on any atom is -0.392 e. The van der Waals surface area contributed by atoms with Crippen molar-refractivity contribution in [3.8, 4) is 11.1 Å². The lowest BCUT2D eigenvalue weighted by molar-refractivity contribution is 0.282. The van der Waals surface area contributed by atoms with E-state index in [-0.39, 0.29) is 6.61 Å². The summed E-state index contributed by atoms with van der Waals surface area (Å²) in [7, 11) is 0. The highest BCUT2D eigenvalue weighted by Gasteiger charge is 2.21. The number of aliphatic hydroxyl groups excluding tert-OH is 1. The summed E-state index contributed by atoms with van der Waals surface area (Å²) in [6.07, 6.45) is 11.2. The van der Waals surface area contributed by atoms with Gasteiger partial charge in [-0.2, -0.15) is 0 Å². The summed E-state index contributed by atoms with van der Waals surface area (Å²) in [5.41, 5.74) is 4.98. The van der Waals surface area contributed by atoms with Gasteiger partial charge in [-0.05, 0) is 59.8 Å². The zero-order valence-corrected chi connectivity index (χ0v) is 15.6. The first-order valence-corrected chi connectivity index (χ1v) is 10.1. The molecule has 0 bridgehead atoms. The first-order valence-electron chi connectivity index (χ1n) is 10.1. The molecule has 1 aliphatic carbocycles. The SMILES string of the molecule is CCCCCC1CCC(c2ccc(-c3ccc(CO)cc3)cc2)CC1. The van der Waals surface area contributed by atoms with Gasteiger partial charge in [0, 0.05) is 0 Å². The predicted molar refractivity (Wildman–Crippen MR) is 107 cm³/mol. The Morgan fingerprint density at radius 2 is 1.40 bits per heavy atom. The van der Waals surface area contributed by atoms with Gasteiger partial charge < -0.3 is 5.11 Å². The fourth-order valence-electron chi connectivity index (χ4n) is 4.22. The maximum Gasteiger partial charge on any atom is 0.0681 e. The highest BCUT2D eigenvalue weighted by molar-refractivity contribution is 5.64. The third-order valence-electron chi connectivity index (χ3n) is 5.91. The number of aliphatic hydroxyl groups is 1. The number of unbranched alkanes of at least 4 members (excludes halogenated alkanes) is 2. The van der Waals surface area contributed by atoms with Crippen molar-refractivity contribution in [2.24, 2.45) is 5.92 Å². The van der Waals surface area contributed by atoms with Crippen LogP contribution in [0, 0.1) is 5.92 Å². The van der Waals surface area contributed by atoms with E-state index in [0.717, 1.165) is 17.4 Å². The molecule has 0 spiro atoms. The lowest BCUT2D eigenvalue weighted by Gasteiger charge is -2.29. The van der Waals surface area contributed by atoms with E-state index in [1.807, 2.05) is 12.1 Å². The Hall–Kier alpha value is -1.60. The molecular formula is C24H32O. The van der Waals surface area contributed by atoms with E-state index in [9.17, 15) is 0 Å². The molecule has 0 aliphatic heterocycles. The van der Waals surface area contributed by atoms with Crippen LogP contribution in [-0.2, 0) is 6.61 Å². The van der Waals surface area contributed by atoms with Gasteiger partial charge in [-0.3, -0.25) is 0 Å². The summed E-state index contributed by atoms with van der Waals surface area (Å²) >= 11 is 0. The molecule has 1 heteroatoms. The van der Waals surface area contributed by atoms with Crippen LogP contribution in [0.5, 0.6) is 0 Å². The number of hydrogen-bond donors (Lipinski definition) is 1. The molecule has 1 N–H and O–H groups in total. The standard InChI is InChI=1S/C24H32O/c1-2-3-4-5-19-6-10-21(11-7-19)23-14-16-24(17-15-23)22-12-8-20(18-25)9-13-22/h8-9,12-17,19,21,25H,2-7,10-11,18H2,1H3. The summed E-state index contributed by atoms with van der Waals surface area (Å²) in [6.45, 7) is 2.40. The Bertz CT molecular complexity index is 618. The summed E-state index contributed by atoms with van der Waals surface area (Å²) in [5.74, 6) is 1.74. The van der Waals surface area contributed by atoms with Crippen molar-refractivity contribution in [3.63, 3.8) is 0 Å². The van der Waals surface area contributed by atoms with E-state index in [1.165, 1.54) is 68.1 Å². The van der Waals surface area contributed by atoms with E-state index >= 15 is 0 Å². The molecule has 25 heavy (non-hydrogen) atoms. The van der Waals surface area contributed by atoms with E-state index in [0.29, 0.717) is 0 Å². The monoisotopic (exact) mass is 336 g/mol. The topological polar surface area (TPSA) is 20.2 Å². The Morgan fingerprint density at radius 3 is 1.96 bits per heavy atom. The van der Waals surface area contributed by atoms with Crippen LogP contribution in [0.4, 0.5) is 0 Å². The third kappa shape index (κ3) is 4.95. The summed E-state index contributed by atoms with van der Waals surface area (Å²) < 4.78 is 0. The molecule has 2 aromatic rings. The second-order valence-electron chi connectivity index (χ2n) is 7.69. The number of hydrogen-bond acceptors (Lipinski definition) is 1. The Balaban J connectivity index is 1.56. The molecular weight excluding hydrogens is 304 g/mol. The summed E-state index contributed by atoms with van der Waals surface area (Å²) in [5, 5.41) is 9.16. The van der Waals surface area contributed by atoms with Crippen LogP contribution in [0.15, 0.2) is 48.5 Å². The number of benzene rings is 2. The van der Waals surface area contributed by atoms with Crippen LogP contribution in [0.2, 0.25) is 0 Å². The maximum absolute atomic E-state index is 9.16. The van der Waals surface area contributed by atoms with E-state index < -0.39 is 0 Å². The second-order valence-corrected chi connectivity index (χ2v) is 7.69. The minimum atomic E-state index is 0.111. The van der Waals surface area contributed by atoms with Gasteiger partial charge in [0.25, 0.3) is 0 Å². The summed E-state index contributed by atoms with van der Waals surface area (Å²) in [4.78, 5) is 0. The van der Waals surface area contributed by atoms with Crippen LogP contribution < -0.4 is 0 Å². The molecule has 1 nitrogen and oxygen atoms in total. The van der Waals surface area contributed by atoms with Gasteiger partial charge in [-0.25, -0.2) is 0 Å². The van der Waals surface area contributed by atoms with Gasteiger partial charge >= 0.3 is 0 Å². The molecule has 0 aromatic heterocycles. The smallest absolute Gasteiger partial charge is 0.0681 e. The van der Waals surface area contributed by atoms with Gasteiger partial charge in [-0.1, -0.05) is 81.1 Å². The van der Waals surface area contributed by atoms with Crippen LogP contribution in [0.1, 0.15) is 75.3 Å². The summed E-state index contributed by atoms with van der Waals surface area (Å²) in [6, 6.07) is 17.4. The molecule has 0 heterocycles. The molecule has 1 saturated carbocycles. The fourth-order valence-corrected chi connectivity index (χ4v) is 4.22. The molecule has 0 radical (unpaired) electrons. The van der Waals surface area contributed by atoms with E-state index in [1.54, 1.807) is 0 Å². The van der Waals surface area contributed by atoms with Gasteiger partial charge in [0.05, 0.1) is 6.61 Å². The Labute approximate surface area is 153 Å². The molecule has 0 unspecified atom stereocenters. The zero-order valence-electron chi connectivity index (χ0n) is 15.6. The molecule has 0 amide bonds. The molecule has 0 saturated heterocycles. The molecule has 134 valence electrons. The van der Waals surface area contributed by atoms with Crippen molar-refractivity contribution >= 4 is 0 Å². The van der Waals surface area contributed by atoms with Crippen LogP contribution in [0.3, 0.4) is 0 Å². The fraction of sp³-hybridized carbons (Fsp3) is 0.500. The van der Waals surface area contributed by atoms with E-state index in [4.69, 9.17) is 5.11 Å². The quantitative estimate of drug-likeness (QED) is 0.558. The van der Waals surface area contributed by atoms with Crippen molar-refractivity contribution in [2.75, 3.05) is 0 Å². The average Bonchev–Trinajstić information content (AvgIpc) is 2.69. The largest absolute Gasteiger partial charge is 0.392 e. The van der Waals surface area contributed by atoms with Gasteiger partial charge in [0.15, 0.2) is 0 Å². The zero-order chi connectivity index (χ0) is 17.5. The molecule has 1 aliphatic rings. The molecule has 3 rings (SSSR count). The third-order valence-corrected chi connectivity index (χ3v) is 5.91. The van der Waals surface area contributed by atoms with Crippen LogP contribution in [0.25, 0.3) is 11.1 Å². The van der Waals surface area contributed by atoms with Gasteiger partial charge in [-0.15, -0.1) is 0 Å². The van der Waals surface area contributed by atoms with E-state index in [2.05, 4.69) is 43.3 Å². The number of rotatable bonds is 7. The average molecular weight is 337 g/mol. The van der Waals surface area contributed by atoms with Gasteiger partial charge in [0.1, 0.15) is 0 Å². The highest BCUT2D eigenvalue weighted by atomic mass is 16.3. The van der Waals surface area contributed by atoms with Crippen molar-refractivity contribution in [1.29, 1.82) is 0 Å². The lowest BCUT2D eigenvalue weighted by atomic mass is 9.77. The normalized spacial score (nSPS) is 20.6. The Morgan fingerprint density at radius 1 is 0.800 bits per heavy atom. The van der Waals surface area contributed by atoms with Crippen molar-refractivity contribution in [2.45, 2.75) is 70.8 Å². The minimum absolute atomic E-state index is 0.111. The Kier molecular flexibility index (Phi) is 6.69. The molecule has 0 atom stereocenters. The predicted octanol–water partition coefficient (Wildman–Crippen LogP) is 6.70. The van der Waals surface area contributed by atoms with Crippen molar-refractivity contribution in [1.82, 2.24) is 0 Å². The van der Waals surface area contributed by atoms with Crippen LogP contribution >= 0.6 is 0 Å².